The highest BCUT2D eigenvalue weighted by atomic mass is 79.9. The quantitative estimate of drug-likeness (QED) is 0.874. The first-order chi connectivity index (χ1) is 9.82. The molecule has 2 rings (SSSR count). The van der Waals surface area contributed by atoms with Crippen molar-refractivity contribution in [2.45, 2.75) is 19.1 Å². The number of rotatable bonds is 3. The molecule has 6 heteroatoms. The third kappa shape index (κ3) is 3.63. The molecule has 21 heavy (non-hydrogen) atoms. The van der Waals surface area contributed by atoms with E-state index in [-0.39, 0.29) is 6.04 Å². The molecular weight excluding hydrogens is 345 g/mol. The highest BCUT2D eigenvalue weighted by molar-refractivity contribution is 9.10. The number of alkyl halides is 3. The summed E-state index contributed by atoms with van der Waals surface area (Å²) in [6.45, 7) is 1.86. The van der Waals surface area contributed by atoms with Gasteiger partial charge in [0.1, 0.15) is 0 Å². The monoisotopic (exact) mass is 358 g/mol. The molecule has 1 aromatic carbocycles. The van der Waals surface area contributed by atoms with Gasteiger partial charge in [0.15, 0.2) is 0 Å². The Hall–Kier alpha value is -1.40. The highest BCUT2D eigenvalue weighted by Gasteiger charge is 2.31. The molecule has 0 fully saturated rings. The maximum Gasteiger partial charge on any atom is 0.416 e. The zero-order valence-electron chi connectivity index (χ0n) is 11.5. The van der Waals surface area contributed by atoms with Crippen molar-refractivity contribution in [1.29, 1.82) is 0 Å². The summed E-state index contributed by atoms with van der Waals surface area (Å²) >= 11 is 3.32. The topological polar surface area (TPSA) is 24.9 Å². The molecule has 0 spiro atoms. The SMILES string of the molecule is CNC(c1ccc(C)nc1)c1cc(C(F)(F)F)ccc1Br. The van der Waals surface area contributed by atoms with E-state index < -0.39 is 11.7 Å². The van der Waals surface area contributed by atoms with Crippen molar-refractivity contribution in [2.24, 2.45) is 0 Å². The molecular formula is C15H14BrF3N2. The molecule has 1 atom stereocenters. The number of pyridine rings is 1. The first-order valence-electron chi connectivity index (χ1n) is 6.29. The Balaban J connectivity index is 2.49. The van der Waals surface area contributed by atoms with Crippen LogP contribution in [-0.4, -0.2) is 12.0 Å². The molecule has 1 unspecified atom stereocenters. The average Bonchev–Trinajstić information content (AvgIpc) is 2.42. The van der Waals surface area contributed by atoms with E-state index in [0.29, 0.717) is 10.0 Å². The van der Waals surface area contributed by atoms with Crippen LogP contribution >= 0.6 is 15.9 Å². The third-order valence-electron chi connectivity index (χ3n) is 3.19. The van der Waals surface area contributed by atoms with Gasteiger partial charge in [0.25, 0.3) is 0 Å². The van der Waals surface area contributed by atoms with E-state index in [1.54, 1.807) is 13.2 Å². The summed E-state index contributed by atoms with van der Waals surface area (Å²) in [4.78, 5) is 4.20. The molecule has 0 aliphatic carbocycles. The van der Waals surface area contributed by atoms with Gasteiger partial charge in [-0.1, -0.05) is 22.0 Å². The van der Waals surface area contributed by atoms with Crippen LogP contribution in [0.4, 0.5) is 13.2 Å². The van der Waals surface area contributed by atoms with Crippen LogP contribution in [0, 0.1) is 6.92 Å². The standard InChI is InChI=1S/C15H14BrF3N2/c1-9-3-4-10(8-21-9)14(20-2)12-7-11(15(17,18)19)5-6-13(12)16/h3-8,14,20H,1-2H3. The lowest BCUT2D eigenvalue weighted by Crippen LogP contribution is -2.19. The molecule has 0 aliphatic heterocycles. The number of nitrogens with one attached hydrogen (secondary N) is 1. The lowest BCUT2D eigenvalue weighted by molar-refractivity contribution is -0.137. The van der Waals surface area contributed by atoms with Crippen LogP contribution in [-0.2, 0) is 6.18 Å². The predicted octanol–water partition coefficient (Wildman–Crippen LogP) is 4.48. The highest BCUT2D eigenvalue weighted by Crippen LogP contribution is 2.35. The molecule has 112 valence electrons. The average molecular weight is 359 g/mol. The summed E-state index contributed by atoms with van der Waals surface area (Å²) in [6, 6.07) is 6.97. The summed E-state index contributed by atoms with van der Waals surface area (Å²) in [5.41, 5.74) is 1.53. The fraction of sp³-hybridized carbons (Fsp3) is 0.267. The zero-order chi connectivity index (χ0) is 15.6. The lowest BCUT2D eigenvalue weighted by atomic mass is 9.98. The second kappa shape index (κ2) is 6.15. The number of benzene rings is 1. The van der Waals surface area contributed by atoms with Gasteiger partial charge in [-0.3, -0.25) is 4.98 Å². The van der Waals surface area contributed by atoms with E-state index in [2.05, 4.69) is 26.2 Å². The molecule has 0 amide bonds. The number of aromatic nitrogens is 1. The van der Waals surface area contributed by atoms with Gasteiger partial charge in [0.2, 0.25) is 0 Å². The Morgan fingerprint density at radius 2 is 1.90 bits per heavy atom. The first-order valence-corrected chi connectivity index (χ1v) is 7.08. The van der Waals surface area contributed by atoms with Crippen molar-refractivity contribution in [3.05, 3.63) is 63.4 Å². The molecule has 0 saturated carbocycles. The number of hydrogen-bond donors (Lipinski definition) is 1. The van der Waals surface area contributed by atoms with Crippen LogP contribution in [0.15, 0.2) is 41.0 Å². The number of hydrogen-bond acceptors (Lipinski definition) is 2. The molecule has 0 aliphatic rings. The summed E-state index contributed by atoms with van der Waals surface area (Å²) in [5.74, 6) is 0. The van der Waals surface area contributed by atoms with E-state index in [0.717, 1.165) is 23.4 Å². The number of halogens is 4. The number of nitrogens with zero attached hydrogens (tertiary/aromatic N) is 1. The fourth-order valence-electron chi connectivity index (χ4n) is 2.09. The van der Waals surface area contributed by atoms with Gasteiger partial charge in [-0.25, -0.2) is 0 Å². The second-order valence-electron chi connectivity index (χ2n) is 4.69. The smallest absolute Gasteiger partial charge is 0.309 e. The van der Waals surface area contributed by atoms with Crippen LogP contribution in [0.5, 0.6) is 0 Å². The van der Waals surface area contributed by atoms with Gasteiger partial charge in [-0.2, -0.15) is 13.2 Å². The van der Waals surface area contributed by atoms with Gasteiger partial charge >= 0.3 is 6.18 Å². The number of aryl methyl sites for hydroxylation is 1. The second-order valence-corrected chi connectivity index (χ2v) is 5.54. The van der Waals surface area contributed by atoms with Gasteiger partial charge in [-0.15, -0.1) is 0 Å². The minimum absolute atomic E-state index is 0.366. The third-order valence-corrected chi connectivity index (χ3v) is 3.91. The van der Waals surface area contributed by atoms with Crippen LogP contribution in [0.3, 0.4) is 0 Å². The van der Waals surface area contributed by atoms with E-state index in [1.807, 2.05) is 19.1 Å². The molecule has 1 aromatic heterocycles. The maximum atomic E-state index is 12.9. The summed E-state index contributed by atoms with van der Waals surface area (Å²) in [6.07, 6.45) is -2.69. The van der Waals surface area contributed by atoms with Gasteiger partial charge in [-0.05, 0) is 49.4 Å². The normalized spacial score (nSPS) is 13.2. The Morgan fingerprint density at radius 3 is 2.43 bits per heavy atom. The summed E-state index contributed by atoms with van der Waals surface area (Å²) in [7, 11) is 1.71. The van der Waals surface area contributed by atoms with Crippen molar-refractivity contribution in [3.8, 4) is 0 Å². The molecule has 2 nitrogen and oxygen atoms in total. The Labute approximate surface area is 129 Å². The van der Waals surface area contributed by atoms with E-state index in [1.165, 1.54) is 6.07 Å². The maximum absolute atomic E-state index is 12.9. The van der Waals surface area contributed by atoms with Gasteiger partial charge < -0.3 is 5.32 Å². The Morgan fingerprint density at radius 1 is 1.19 bits per heavy atom. The van der Waals surface area contributed by atoms with Gasteiger partial charge in [0.05, 0.1) is 11.6 Å². The molecule has 1 heterocycles. The van der Waals surface area contributed by atoms with Crippen LogP contribution < -0.4 is 5.32 Å². The van der Waals surface area contributed by atoms with Crippen molar-refractivity contribution in [3.63, 3.8) is 0 Å². The Kier molecular flexibility index (Phi) is 4.68. The van der Waals surface area contributed by atoms with E-state index >= 15 is 0 Å². The molecule has 2 aromatic rings. The predicted molar refractivity (Wildman–Crippen MR) is 79.0 cm³/mol. The molecule has 1 N–H and O–H groups in total. The zero-order valence-corrected chi connectivity index (χ0v) is 13.1. The van der Waals surface area contributed by atoms with Crippen LogP contribution in [0.2, 0.25) is 0 Å². The first kappa shape index (κ1) is 16.0. The fourth-order valence-corrected chi connectivity index (χ4v) is 2.57. The van der Waals surface area contributed by atoms with E-state index in [9.17, 15) is 13.2 Å². The minimum Gasteiger partial charge on any atom is -0.309 e. The van der Waals surface area contributed by atoms with Gasteiger partial charge in [0, 0.05) is 16.4 Å². The summed E-state index contributed by atoms with van der Waals surface area (Å²) < 4.78 is 39.2. The van der Waals surface area contributed by atoms with Crippen molar-refractivity contribution < 1.29 is 13.2 Å². The molecule has 0 radical (unpaired) electrons. The van der Waals surface area contributed by atoms with E-state index in [4.69, 9.17) is 0 Å². The van der Waals surface area contributed by atoms with Crippen LogP contribution in [0.25, 0.3) is 0 Å². The van der Waals surface area contributed by atoms with Crippen LogP contribution in [0.1, 0.15) is 28.4 Å². The molecule has 0 saturated heterocycles. The largest absolute Gasteiger partial charge is 0.416 e. The summed E-state index contributed by atoms with van der Waals surface area (Å²) in [5, 5.41) is 3.04. The minimum atomic E-state index is -4.36. The molecule has 0 bridgehead atoms. The Bertz CT molecular complexity index is 624. The van der Waals surface area contributed by atoms with Crippen molar-refractivity contribution in [1.82, 2.24) is 10.3 Å². The lowest BCUT2D eigenvalue weighted by Gasteiger charge is -2.20. The van der Waals surface area contributed by atoms with Crippen molar-refractivity contribution in [2.75, 3.05) is 7.05 Å². The van der Waals surface area contributed by atoms with Crippen molar-refractivity contribution >= 4 is 15.9 Å².